The number of carbonyl (C=O) groups is 1. The number of anilines is 1. The van der Waals surface area contributed by atoms with Crippen molar-refractivity contribution < 1.29 is 4.79 Å². The van der Waals surface area contributed by atoms with Crippen molar-refractivity contribution in [3.05, 3.63) is 57.8 Å². The summed E-state index contributed by atoms with van der Waals surface area (Å²) in [5, 5.41) is 3.28. The molecular weight excluding hydrogens is 342 g/mol. The van der Waals surface area contributed by atoms with Gasteiger partial charge in [0.1, 0.15) is 0 Å². The van der Waals surface area contributed by atoms with Crippen LogP contribution in [0.1, 0.15) is 10.4 Å². The zero-order valence-corrected chi connectivity index (χ0v) is 12.5. The molecule has 0 bridgehead atoms. The van der Waals surface area contributed by atoms with E-state index >= 15 is 0 Å². The molecule has 6 heteroatoms. The number of imidazole rings is 1. The number of carbonyl (C=O) groups excluding carboxylic acids is 1. The van der Waals surface area contributed by atoms with E-state index in [0.717, 1.165) is 15.5 Å². The number of amides is 1. The summed E-state index contributed by atoms with van der Waals surface area (Å²) in [4.78, 5) is 19.3. The molecule has 0 aliphatic heterocycles. The summed E-state index contributed by atoms with van der Waals surface area (Å²) >= 11 is 9.40. The Kier molecular flexibility index (Phi) is 3.46. The monoisotopic (exact) mass is 349 g/mol. The van der Waals surface area contributed by atoms with Gasteiger partial charge in [-0.3, -0.25) is 4.79 Å². The Morgan fingerprint density at radius 3 is 2.95 bits per heavy atom. The van der Waals surface area contributed by atoms with Gasteiger partial charge in [-0.1, -0.05) is 27.5 Å². The van der Waals surface area contributed by atoms with Crippen LogP contribution in [0, 0.1) is 0 Å². The summed E-state index contributed by atoms with van der Waals surface area (Å²) in [5.41, 5.74) is 2.74. The number of halogens is 2. The lowest BCUT2D eigenvalue weighted by molar-refractivity contribution is 0.102. The molecule has 0 radical (unpaired) electrons. The lowest BCUT2D eigenvalue weighted by Gasteiger charge is -2.07. The van der Waals surface area contributed by atoms with E-state index in [4.69, 9.17) is 11.6 Å². The van der Waals surface area contributed by atoms with Gasteiger partial charge in [0.05, 0.1) is 28.1 Å². The second-order valence-corrected chi connectivity index (χ2v) is 5.54. The van der Waals surface area contributed by atoms with Crippen molar-refractivity contribution in [1.29, 1.82) is 0 Å². The van der Waals surface area contributed by atoms with Crippen molar-refractivity contribution in [2.75, 3.05) is 5.32 Å². The predicted octanol–water partition coefficient (Wildman–Crippen LogP) is 4.23. The minimum absolute atomic E-state index is 0.221. The maximum absolute atomic E-state index is 12.2. The van der Waals surface area contributed by atoms with Crippen LogP contribution in [0.5, 0.6) is 0 Å². The second kappa shape index (κ2) is 5.26. The van der Waals surface area contributed by atoms with Crippen LogP contribution in [0.2, 0.25) is 5.02 Å². The molecule has 2 N–H and O–H groups in total. The first-order chi connectivity index (χ1) is 9.63. The zero-order valence-electron chi connectivity index (χ0n) is 10.2. The highest BCUT2D eigenvalue weighted by molar-refractivity contribution is 9.10. The fourth-order valence-electron chi connectivity index (χ4n) is 1.86. The van der Waals surface area contributed by atoms with E-state index in [0.29, 0.717) is 16.3 Å². The Balaban J connectivity index is 1.90. The van der Waals surface area contributed by atoms with Crippen molar-refractivity contribution in [2.45, 2.75) is 0 Å². The van der Waals surface area contributed by atoms with Crippen LogP contribution < -0.4 is 5.32 Å². The molecule has 1 amide bonds. The minimum atomic E-state index is -0.221. The summed E-state index contributed by atoms with van der Waals surface area (Å²) in [6, 6.07) is 10.6. The standard InChI is InChI=1S/C14H9BrClN3O/c15-9-2-3-10(16)12(6-9)19-14(20)8-1-4-11-13(5-8)18-7-17-11/h1-7H,(H,17,18)(H,19,20). The molecule has 0 aliphatic rings. The first-order valence-electron chi connectivity index (χ1n) is 5.83. The molecule has 0 spiro atoms. The number of fused-ring (bicyclic) bond motifs is 1. The largest absolute Gasteiger partial charge is 0.345 e. The number of rotatable bonds is 2. The summed E-state index contributed by atoms with van der Waals surface area (Å²) in [6.45, 7) is 0. The van der Waals surface area contributed by atoms with Crippen LogP contribution in [0.3, 0.4) is 0 Å². The van der Waals surface area contributed by atoms with E-state index in [2.05, 4.69) is 31.2 Å². The van der Waals surface area contributed by atoms with Crippen molar-refractivity contribution in [3.63, 3.8) is 0 Å². The molecule has 0 fully saturated rings. The van der Waals surface area contributed by atoms with Gasteiger partial charge in [0.15, 0.2) is 0 Å². The van der Waals surface area contributed by atoms with Crippen LogP contribution in [-0.2, 0) is 0 Å². The lowest BCUT2D eigenvalue weighted by Crippen LogP contribution is -2.12. The summed E-state index contributed by atoms with van der Waals surface area (Å²) in [6.07, 6.45) is 1.59. The van der Waals surface area contributed by atoms with Crippen molar-refractivity contribution in [3.8, 4) is 0 Å². The van der Waals surface area contributed by atoms with Gasteiger partial charge in [-0.15, -0.1) is 0 Å². The molecule has 0 saturated heterocycles. The quantitative estimate of drug-likeness (QED) is 0.726. The molecule has 4 nitrogen and oxygen atoms in total. The van der Waals surface area contributed by atoms with Crippen molar-refractivity contribution in [2.24, 2.45) is 0 Å². The van der Waals surface area contributed by atoms with E-state index < -0.39 is 0 Å². The van der Waals surface area contributed by atoms with Gasteiger partial charge in [-0.2, -0.15) is 0 Å². The normalized spacial score (nSPS) is 10.7. The van der Waals surface area contributed by atoms with Crippen LogP contribution in [-0.4, -0.2) is 15.9 Å². The minimum Gasteiger partial charge on any atom is -0.345 e. The number of hydrogen-bond donors (Lipinski definition) is 2. The maximum Gasteiger partial charge on any atom is 0.255 e. The molecule has 3 rings (SSSR count). The first kappa shape index (κ1) is 13.1. The van der Waals surface area contributed by atoms with Crippen LogP contribution >= 0.6 is 27.5 Å². The Bertz CT molecular complexity index is 800. The molecule has 0 unspecified atom stereocenters. The first-order valence-corrected chi connectivity index (χ1v) is 7.00. The Morgan fingerprint density at radius 1 is 1.25 bits per heavy atom. The van der Waals surface area contributed by atoms with E-state index in [-0.39, 0.29) is 5.91 Å². The predicted molar refractivity (Wildman–Crippen MR) is 83.2 cm³/mol. The molecule has 20 heavy (non-hydrogen) atoms. The van der Waals surface area contributed by atoms with Crippen LogP contribution in [0.4, 0.5) is 5.69 Å². The molecule has 2 aromatic carbocycles. The molecule has 1 heterocycles. The number of nitrogens with one attached hydrogen (secondary N) is 2. The second-order valence-electron chi connectivity index (χ2n) is 4.21. The molecule has 0 aliphatic carbocycles. The highest BCUT2D eigenvalue weighted by Crippen LogP contribution is 2.26. The molecule has 1 aromatic heterocycles. The third kappa shape index (κ3) is 2.55. The molecular formula is C14H9BrClN3O. The van der Waals surface area contributed by atoms with Gasteiger partial charge in [-0.05, 0) is 36.4 Å². The number of nitrogens with zero attached hydrogens (tertiary/aromatic N) is 1. The Labute approximate surface area is 128 Å². The van der Waals surface area contributed by atoms with E-state index in [1.165, 1.54) is 0 Å². The van der Waals surface area contributed by atoms with Gasteiger partial charge in [0, 0.05) is 10.0 Å². The number of aromatic amines is 1. The zero-order chi connectivity index (χ0) is 14.1. The highest BCUT2D eigenvalue weighted by atomic mass is 79.9. The van der Waals surface area contributed by atoms with Gasteiger partial charge >= 0.3 is 0 Å². The fraction of sp³-hybridized carbons (Fsp3) is 0. The molecule has 0 saturated carbocycles. The third-order valence-corrected chi connectivity index (χ3v) is 3.68. The Morgan fingerprint density at radius 2 is 2.10 bits per heavy atom. The van der Waals surface area contributed by atoms with Crippen molar-refractivity contribution >= 4 is 50.2 Å². The highest BCUT2D eigenvalue weighted by Gasteiger charge is 2.10. The van der Waals surface area contributed by atoms with E-state index in [1.54, 1.807) is 36.7 Å². The molecule has 3 aromatic rings. The van der Waals surface area contributed by atoms with Crippen LogP contribution in [0.15, 0.2) is 47.2 Å². The average Bonchev–Trinajstić information content (AvgIpc) is 2.90. The summed E-state index contributed by atoms with van der Waals surface area (Å²) in [7, 11) is 0. The van der Waals surface area contributed by atoms with Gasteiger partial charge in [0.2, 0.25) is 0 Å². The number of hydrogen-bond acceptors (Lipinski definition) is 2. The van der Waals surface area contributed by atoms with E-state index in [9.17, 15) is 4.79 Å². The summed E-state index contributed by atoms with van der Waals surface area (Å²) < 4.78 is 0.848. The van der Waals surface area contributed by atoms with Gasteiger partial charge < -0.3 is 10.3 Å². The van der Waals surface area contributed by atoms with Gasteiger partial charge in [-0.25, -0.2) is 4.98 Å². The lowest BCUT2D eigenvalue weighted by atomic mass is 10.2. The third-order valence-electron chi connectivity index (χ3n) is 2.86. The number of benzene rings is 2. The SMILES string of the molecule is O=C(Nc1cc(Br)ccc1Cl)c1ccc2nc[nH]c2c1. The Hall–Kier alpha value is -1.85. The topological polar surface area (TPSA) is 57.8 Å². The average molecular weight is 351 g/mol. The smallest absolute Gasteiger partial charge is 0.255 e. The number of H-pyrrole nitrogens is 1. The maximum atomic E-state index is 12.2. The van der Waals surface area contributed by atoms with E-state index in [1.807, 2.05) is 6.07 Å². The van der Waals surface area contributed by atoms with Gasteiger partial charge in [0.25, 0.3) is 5.91 Å². The molecule has 100 valence electrons. The van der Waals surface area contributed by atoms with Crippen molar-refractivity contribution in [1.82, 2.24) is 9.97 Å². The summed E-state index contributed by atoms with van der Waals surface area (Å²) in [5.74, 6) is -0.221. The fourth-order valence-corrected chi connectivity index (χ4v) is 2.39. The van der Waals surface area contributed by atoms with Crippen LogP contribution in [0.25, 0.3) is 11.0 Å². The number of aromatic nitrogens is 2. The molecule has 0 atom stereocenters.